The highest BCUT2D eigenvalue weighted by Crippen LogP contribution is 2.28. The van der Waals surface area contributed by atoms with Gasteiger partial charge in [0.25, 0.3) is 5.91 Å². The van der Waals surface area contributed by atoms with E-state index < -0.39 is 11.9 Å². The lowest BCUT2D eigenvalue weighted by Gasteiger charge is -2.08. The van der Waals surface area contributed by atoms with Gasteiger partial charge in [-0.3, -0.25) is 4.79 Å². The molecular formula is C19H16N2O5. The predicted molar refractivity (Wildman–Crippen MR) is 95.2 cm³/mol. The molecule has 0 aliphatic carbocycles. The summed E-state index contributed by atoms with van der Waals surface area (Å²) in [6.45, 7) is 0. The van der Waals surface area contributed by atoms with Crippen LogP contribution in [0.4, 0.5) is 5.69 Å². The zero-order valence-corrected chi connectivity index (χ0v) is 14.1. The van der Waals surface area contributed by atoms with Crippen molar-refractivity contribution in [3.63, 3.8) is 0 Å². The highest BCUT2D eigenvalue weighted by atomic mass is 16.5. The minimum atomic E-state index is -1.11. The van der Waals surface area contributed by atoms with E-state index in [9.17, 15) is 14.9 Å². The van der Waals surface area contributed by atoms with Crippen molar-refractivity contribution in [1.29, 1.82) is 5.26 Å². The number of ether oxygens (including phenoxy) is 2. The third-order valence-electron chi connectivity index (χ3n) is 3.45. The second kappa shape index (κ2) is 8.35. The van der Waals surface area contributed by atoms with Crippen molar-refractivity contribution in [2.24, 2.45) is 0 Å². The second-order valence-electron chi connectivity index (χ2n) is 5.12. The van der Waals surface area contributed by atoms with Crippen molar-refractivity contribution in [2.45, 2.75) is 0 Å². The number of hydrogen-bond donors (Lipinski definition) is 2. The largest absolute Gasteiger partial charge is 0.493 e. The summed E-state index contributed by atoms with van der Waals surface area (Å²) in [7, 11) is 2.99. The summed E-state index contributed by atoms with van der Waals surface area (Å²) in [6, 6.07) is 12.6. The van der Waals surface area contributed by atoms with Gasteiger partial charge in [-0.1, -0.05) is 12.1 Å². The number of aromatic carboxylic acids is 1. The van der Waals surface area contributed by atoms with E-state index in [1.165, 1.54) is 44.6 Å². The lowest BCUT2D eigenvalue weighted by molar-refractivity contribution is -0.112. The maximum absolute atomic E-state index is 12.3. The first-order chi connectivity index (χ1) is 12.5. The molecule has 7 nitrogen and oxygen atoms in total. The van der Waals surface area contributed by atoms with Gasteiger partial charge in [0.2, 0.25) is 0 Å². The first-order valence-corrected chi connectivity index (χ1v) is 7.47. The smallest absolute Gasteiger partial charge is 0.335 e. The van der Waals surface area contributed by atoms with E-state index in [0.717, 1.165) is 0 Å². The van der Waals surface area contributed by atoms with E-state index in [-0.39, 0.29) is 16.8 Å². The topological polar surface area (TPSA) is 109 Å². The molecule has 0 aliphatic rings. The van der Waals surface area contributed by atoms with E-state index in [0.29, 0.717) is 17.1 Å². The quantitative estimate of drug-likeness (QED) is 0.611. The second-order valence-corrected chi connectivity index (χ2v) is 5.12. The van der Waals surface area contributed by atoms with Crippen molar-refractivity contribution in [2.75, 3.05) is 19.5 Å². The molecule has 26 heavy (non-hydrogen) atoms. The molecule has 0 aromatic heterocycles. The van der Waals surface area contributed by atoms with Crippen molar-refractivity contribution in [1.82, 2.24) is 0 Å². The first kappa shape index (κ1) is 18.5. The number of benzene rings is 2. The van der Waals surface area contributed by atoms with Crippen LogP contribution in [0.3, 0.4) is 0 Å². The van der Waals surface area contributed by atoms with Crippen LogP contribution in [0.5, 0.6) is 11.5 Å². The molecule has 132 valence electrons. The first-order valence-electron chi connectivity index (χ1n) is 7.47. The summed E-state index contributed by atoms with van der Waals surface area (Å²) in [4.78, 5) is 23.3. The van der Waals surface area contributed by atoms with E-state index in [1.807, 2.05) is 6.07 Å². The number of amides is 1. The van der Waals surface area contributed by atoms with Gasteiger partial charge < -0.3 is 19.9 Å². The molecule has 0 unspecified atom stereocenters. The van der Waals surface area contributed by atoms with Gasteiger partial charge in [-0.05, 0) is 42.0 Å². The number of rotatable bonds is 6. The lowest BCUT2D eigenvalue weighted by Crippen LogP contribution is -2.14. The Morgan fingerprint density at radius 2 is 1.85 bits per heavy atom. The minimum absolute atomic E-state index is 0.0326. The van der Waals surface area contributed by atoms with Crippen molar-refractivity contribution >= 4 is 23.6 Å². The fraction of sp³-hybridized carbons (Fsp3) is 0.105. The van der Waals surface area contributed by atoms with Crippen molar-refractivity contribution in [3.8, 4) is 17.6 Å². The molecule has 0 radical (unpaired) electrons. The Morgan fingerprint density at radius 3 is 2.46 bits per heavy atom. The summed E-state index contributed by atoms with van der Waals surface area (Å²) in [5, 5.41) is 20.8. The molecular weight excluding hydrogens is 336 g/mol. The Kier molecular flexibility index (Phi) is 5.96. The molecule has 2 aromatic carbocycles. The molecule has 2 rings (SSSR count). The van der Waals surface area contributed by atoms with Crippen molar-refractivity contribution < 1.29 is 24.2 Å². The molecule has 0 atom stereocenters. The van der Waals surface area contributed by atoms with Gasteiger partial charge >= 0.3 is 5.97 Å². The predicted octanol–water partition coefficient (Wildman–Crippen LogP) is 2.95. The van der Waals surface area contributed by atoms with Crippen LogP contribution >= 0.6 is 0 Å². The molecule has 0 heterocycles. The standard InChI is InChI=1S/C19H16N2O5/c1-25-16-7-6-12(9-17(16)26-2)8-14(11-20)18(22)21-15-5-3-4-13(10-15)19(23)24/h3-10H,1-2H3,(H,21,22)(H,23,24)/b14-8-. The lowest BCUT2D eigenvalue weighted by atomic mass is 10.1. The number of carbonyl (C=O) groups excluding carboxylic acids is 1. The van der Waals surface area contributed by atoms with Crippen LogP contribution in [-0.2, 0) is 4.79 Å². The van der Waals surface area contributed by atoms with Crippen LogP contribution in [0, 0.1) is 11.3 Å². The van der Waals surface area contributed by atoms with Crippen LogP contribution < -0.4 is 14.8 Å². The van der Waals surface area contributed by atoms with Gasteiger partial charge in [0.05, 0.1) is 19.8 Å². The highest BCUT2D eigenvalue weighted by molar-refractivity contribution is 6.10. The van der Waals surface area contributed by atoms with E-state index in [1.54, 1.807) is 18.2 Å². The van der Waals surface area contributed by atoms with Gasteiger partial charge in [-0.15, -0.1) is 0 Å². The molecule has 0 spiro atoms. The van der Waals surface area contributed by atoms with Gasteiger partial charge in [0, 0.05) is 5.69 Å². The molecule has 0 aliphatic heterocycles. The number of carboxylic acid groups (broad SMARTS) is 1. The average molecular weight is 352 g/mol. The molecule has 2 N–H and O–H groups in total. The normalized spacial score (nSPS) is 10.6. The number of methoxy groups -OCH3 is 2. The third kappa shape index (κ3) is 4.39. The zero-order chi connectivity index (χ0) is 19.1. The fourth-order valence-corrected chi connectivity index (χ4v) is 2.19. The van der Waals surface area contributed by atoms with Crippen molar-refractivity contribution in [3.05, 3.63) is 59.2 Å². The van der Waals surface area contributed by atoms with Gasteiger partial charge in [0.15, 0.2) is 11.5 Å². The molecule has 2 aromatic rings. The SMILES string of the molecule is COc1ccc(/C=C(/C#N)C(=O)Nc2cccc(C(=O)O)c2)cc1OC. The summed E-state index contributed by atoms with van der Waals surface area (Å²) in [6.07, 6.45) is 1.40. The molecule has 0 saturated carbocycles. The van der Waals surface area contributed by atoms with E-state index >= 15 is 0 Å². The molecule has 7 heteroatoms. The Balaban J connectivity index is 2.26. The average Bonchev–Trinajstić information content (AvgIpc) is 2.65. The van der Waals surface area contributed by atoms with Crippen LogP contribution in [0.25, 0.3) is 6.08 Å². The number of hydrogen-bond acceptors (Lipinski definition) is 5. The van der Waals surface area contributed by atoms with Gasteiger partial charge in [-0.25, -0.2) is 4.79 Å². The minimum Gasteiger partial charge on any atom is -0.493 e. The number of anilines is 1. The zero-order valence-electron chi connectivity index (χ0n) is 14.1. The van der Waals surface area contributed by atoms with Gasteiger partial charge in [-0.2, -0.15) is 5.26 Å². The number of nitriles is 1. The molecule has 0 saturated heterocycles. The number of nitrogens with one attached hydrogen (secondary N) is 1. The summed E-state index contributed by atoms with van der Waals surface area (Å²) < 4.78 is 10.3. The van der Waals surface area contributed by atoms with E-state index in [4.69, 9.17) is 14.6 Å². The van der Waals surface area contributed by atoms with Crippen LogP contribution in [0.1, 0.15) is 15.9 Å². The maximum Gasteiger partial charge on any atom is 0.335 e. The summed E-state index contributed by atoms with van der Waals surface area (Å²) in [5.74, 6) is -0.765. The molecule has 1 amide bonds. The Morgan fingerprint density at radius 1 is 1.12 bits per heavy atom. The third-order valence-corrected chi connectivity index (χ3v) is 3.45. The maximum atomic E-state index is 12.3. The fourth-order valence-electron chi connectivity index (χ4n) is 2.19. The number of carboxylic acids is 1. The van der Waals surface area contributed by atoms with E-state index in [2.05, 4.69) is 5.32 Å². The van der Waals surface area contributed by atoms with Crippen LogP contribution in [0.15, 0.2) is 48.0 Å². The number of nitrogens with zero attached hydrogens (tertiary/aromatic N) is 1. The summed E-state index contributed by atoms with van der Waals surface area (Å²) >= 11 is 0. The van der Waals surface area contributed by atoms with Crippen LogP contribution in [-0.4, -0.2) is 31.2 Å². The van der Waals surface area contributed by atoms with Gasteiger partial charge in [0.1, 0.15) is 11.6 Å². The number of carbonyl (C=O) groups is 2. The Bertz CT molecular complexity index is 912. The Labute approximate surface area is 150 Å². The summed E-state index contributed by atoms with van der Waals surface area (Å²) in [5.41, 5.74) is 0.750. The highest BCUT2D eigenvalue weighted by Gasteiger charge is 2.12. The molecule has 0 bridgehead atoms. The van der Waals surface area contributed by atoms with Crippen LogP contribution in [0.2, 0.25) is 0 Å². The Hall–Kier alpha value is -3.79. The monoisotopic (exact) mass is 352 g/mol. The molecule has 0 fully saturated rings.